The lowest BCUT2D eigenvalue weighted by Gasteiger charge is -2.04. The number of H-pyrrole nitrogens is 1. The van der Waals surface area contributed by atoms with Crippen molar-refractivity contribution in [2.45, 2.75) is 6.42 Å². The summed E-state index contributed by atoms with van der Waals surface area (Å²) in [6.07, 6.45) is 5.34. The Labute approximate surface area is 121 Å². The topological polar surface area (TPSA) is 28.7 Å². The number of aromatic amines is 1. The maximum absolute atomic E-state index is 4.54. The van der Waals surface area contributed by atoms with E-state index in [0.717, 1.165) is 17.9 Å². The molecule has 0 aliphatic carbocycles. The number of imidazole rings is 1. The van der Waals surface area contributed by atoms with Crippen molar-refractivity contribution in [3.05, 3.63) is 60.6 Å². The first kappa shape index (κ1) is 11.8. The smallest absolute Gasteiger partial charge is 0.143 e. The largest absolute Gasteiger partial charge is 0.338 e. The van der Waals surface area contributed by atoms with E-state index < -0.39 is 0 Å². The lowest BCUT2D eigenvalue weighted by atomic mass is 10.0. The van der Waals surface area contributed by atoms with Gasteiger partial charge in [0.05, 0.1) is 11.9 Å². The van der Waals surface area contributed by atoms with Crippen LogP contribution in [0.4, 0.5) is 0 Å². The lowest BCUT2D eigenvalue weighted by molar-refractivity contribution is 1.24. The summed E-state index contributed by atoms with van der Waals surface area (Å²) in [6.45, 7) is 0. The number of nitrogens with zero attached hydrogens (tertiary/aromatic N) is 1. The number of fused-ring (bicyclic) bond motifs is 1. The molecule has 0 amide bonds. The van der Waals surface area contributed by atoms with E-state index in [1.54, 1.807) is 0 Å². The van der Waals surface area contributed by atoms with Crippen LogP contribution in [-0.4, -0.2) is 15.7 Å². The van der Waals surface area contributed by atoms with E-state index in [-0.39, 0.29) is 0 Å². The van der Waals surface area contributed by atoms with Crippen LogP contribution in [-0.2, 0) is 0 Å². The molecule has 1 aromatic heterocycles. The van der Waals surface area contributed by atoms with Gasteiger partial charge in [0.1, 0.15) is 5.82 Å². The molecule has 4 rings (SSSR count). The number of aromatic nitrogens is 2. The highest BCUT2D eigenvalue weighted by Gasteiger charge is 2.12. The molecule has 1 aliphatic rings. The number of benzene rings is 2. The Morgan fingerprint density at radius 3 is 2.85 bits per heavy atom. The molecule has 0 atom stereocenters. The summed E-state index contributed by atoms with van der Waals surface area (Å²) in [7, 11) is 0. The fourth-order valence-electron chi connectivity index (χ4n) is 2.63. The van der Waals surface area contributed by atoms with E-state index in [4.69, 9.17) is 0 Å². The van der Waals surface area contributed by atoms with Crippen molar-refractivity contribution in [2.75, 3.05) is 5.75 Å². The minimum atomic E-state index is 0.996. The van der Waals surface area contributed by atoms with E-state index in [1.165, 1.54) is 27.0 Å². The molecule has 0 unspecified atom stereocenters. The maximum atomic E-state index is 4.54. The fraction of sp³-hybridized carbons (Fsp3) is 0.118. The highest BCUT2D eigenvalue weighted by atomic mass is 32.2. The third-order valence-corrected chi connectivity index (χ3v) is 4.71. The first-order valence-corrected chi connectivity index (χ1v) is 7.77. The molecule has 0 bridgehead atoms. The van der Waals surface area contributed by atoms with Crippen molar-refractivity contribution in [3.63, 3.8) is 0 Å². The summed E-state index contributed by atoms with van der Waals surface area (Å²) in [6, 6.07) is 14.9. The van der Waals surface area contributed by atoms with Gasteiger partial charge in [0.15, 0.2) is 0 Å². The Morgan fingerprint density at radius 2 is 1.95 bits per heavy atom. The summed E-state index contributed by atoms with van der Waals surface area (Å²) in [5.74, 6) is 2.16. The van der Waals surface area contributed by atoms with Crippen LogP contribution in [0.25, 0.3) is 26.9 Å². The van der Waals surface area contributed by atoms with Gasteiger partial charge in [-0.1, -0.05) is 48.5 Å². The number of nitrogens with one attached hydrogen (secondary N) is 1. The summed E-state index contributed by atoms with van der Waals surface area (Å²) in [4.78, 5) is 9.27. The molecule has 0 radical (unpaired) electrons. The molecule has 2 nitrogen and oxygen atoms in total. The molecular formula is C17H14N2S. The molecule has 0 spiro atoms. The van der Waals surface area contributed by atoms with E-state index in [1.807, 2.05) is 18.0 Å². The van der Waals surface area contributed by atoms with E-state index >= 15 is 0 Å². The summed E-state index contributed by atoms with van der Waals surface area (Å²) >= 11 is 1.87. The second-order valence-electron chi connectivity index (χ2n) is 4.88. The summed E-state index contributed by atoms with van der Waals surface area (Å²) in [5, 5.41) is 2.52. The quantitative estimate of drug-likeness (QED) is 0.735. The molecule has 0 saturated heterocycles. The van der Waals surface area contributed by atoms with E-state index in [0.29, 0.717) is 0 Å². The first-order valence-electron chi connectivity index (χ1n) is 6.78. The van der Waals surface area contributed by atoms with Crippen LogP contribution in [0.1, 0.15) is 12.2 Å². The molecular weight excluding hydrogens is 264 g/mol. The van der Waals surface area contributed by atoms with Gasteiger partial charge in [-0.15, -0.1) is 11.8 Å². The predicted molar refractivity (Wildman–Crippen MR) is 86.6 cm³/mol. The Hall–Kier alpha value is -2.00. The molecule has 0 saturated carbocycles. The standard InChI is InChI=1S/C17H14N2S/c1-2-7-13-12(5-1)6-3-8-14(13)15-11-18-17(19-15)16-9-4-10-20-16/h1-3,5-9,11H,4,10H2,(H,18,19). The van der Waals surface area contributed by atoms with Crippen LogP contribution < -0.4 is 0 Å². The van der Waals surface area contributed by atoms with Crippen molar-refractivity contribution < 1.29 is 0 Å². The zero-order valence-electron chi connectivity index (χ0n) is 11.0. The van der Waals surface area contributed by atoms with Gasteiger partial charge >= 0.3 is 0 Å². The molecule has 98 valence electrons. The monoisotopic (exact) mass is 278 g/mol. The zero-order valence-corrected chi connectivity index (χ0v) is 11.8. The minimum absolute atomic E-state index is 0.996. The minimum Gasteiger partial charge on any atom is -0.338 e. The summed E-state index contributed by atoms with van der Waals surface area (Å²) in [5.41, 5.74) is 2.30. The molecule has 1 N–H and O–H groups in total. The van der Waals surface area contributed by atoms with Gasteiger partial charge in [0, 0.05) is 16.2 Å². The molecule has 2 aromatic carbocycles. The molecule has 3 heteroatoms. The number of hydrogen-bond acceptors (Lipinski definition) is 2. The Morgan fingerprint density at radius 1 is 1.05 bits per heavy atom. The normalized spacial score (nSPS) is 14.7. The van der Waals surface area contributed by atoms with Crippen LogP contribution >= 0.6 is 11.8 Å². The van der Waals surface area contributed by atoms with Crippen LogP contribution in [0, 0.1) is 0 Å². The zero-order chi connectivity index (χ0) is 13.4. The Balaban J connectivity index is 1.83. The van der Waals surface area contributed by atoms with Crippen molar-refractivity contribution in [3.8, 4) is 11.3 Å². The molecule has 1 aliphatic heterocycles. The molecule has 3 aromatic rings. The van der Waals surface area contributed by atoms with Crippen molar-refractivity contribution in [1.29, 1.82) is 0 Å². The van der Waals surface area contributed by atoms with E-state index in [9.17, 15) is 0 Å². The van der Waals surface area contributed by atoms with Crippen molar-refractivity contribution in [1.82, 2.24) is 9.97 Å². The average molecular weight is 278 g/mol. The van der Waals surface area contributed by atoms with Crippen LogP contribution in [0.2, 0.25) is 0 Å². The van der Waals surface area contributed by atoms with Gasteiger partial charge in [-0.05, 0) is 17.2 Å². The molecule has 20 heavy (non-hydrogen) atoms. The van der Waals surface area contributed by atoms with Gasteiger partial charge in [0.2, 0.25) is 0 Å². The van der Waals surface area contributed by atoms with E-state index in [2.05, 4.69) is 58.5 Å². The molecule has 2 heterocycles. The average Bonchev–Trinajstić information content (AvgIpc) is 3.17. The molecule has 0 fully saturated rings. The Kier molecular flexibility index (Phi) is 2.85. The number of thioether (sulfide) groups is 1. The third-order valence-electron chi connectivity index (χ3n) is 3.59. The Bertz CT molecular complexity index is 796. The van der Waals surface area contributed by atoms with Crippen LogP contribution in [0.5, 0.6) is 0 Å². The second kappa shape index (κ2) is 4.84. The highest BCUT2D eigenvalue weighted by Crippen LogP contribution is 2.34. The van der Waals surface area contributed by atoms with Gasteiger partial charge in [0.25, 0.3) is 0 Å². The van der Waals surface area contributed by atoms with Gasteiger partial charge in [-0.3, -0.25) is 0 Å². The van der Waals surface area contributed by atoms with Crippen LogP contribution in [0.3, 0.4) is 0 Å². The predicted octanol–water partition coefficient (Wildman–Crippen LogP) is 4.71. The number of hydrogen-bond donors (Lipinski definition) is 1. The van der Waals surface area contributed by atoms with Gasteiger partial charge in [-0.25, -0.2) is 4.98 Å². The fourth-order valence-corrected chi connectivity index (χ4v) is 3.56. The first-order chi connectivity index (χ1) is 9.92. The van der Waals surface area contributed by atoms with Crippen molar-refractivity contribution >= 4 is 27.4 Å². The highest BCUT2D eigenvalue weighted by molar-refractivity contribution is 8.08. The van der Waals surface area contributed by atoms with Gasteiger partial charge < -0.3 is 4.98 Å². The maximum Gasteiger partial charge on any atom is 0.143 e. The van der Waals surface area contributed by atoms with Crippen molar-refractivity contribution in [2.24, 2.45) is 0 Å². The number of rotatable bonds is 2. The second-order valence-corrected chi connectivity index (χ2v) is 6.01. The SMILES string of the molecule is C1=C(c2ncc(-c3cccc4ccccc34)[nH]2)SCC1. The van der Waals surface area contributed by atoms with Gasteiger partial charge in [-0.2, -0.15) is 0 Å². The summed E-state index contributed by atoms with van der Waals surface area (Å²) < 4.78 is 0. The lowest BCUT2D eigenvalue weighted by Crippen LogP contribution is -1.83. The van der Waals surface area contributed by atoms with Crippen LogP contribution in [0.15, 0.2) is 54.7 Å². The third kappa shape index (κ3) is 1.95. The number of allylic oxidation sites excluding steroid dienone is 1.